The molecule has 0 aliphatic carbocycles. The zero-order valence-corrected chi connectivity index (χ0v) is 23.8. The van der Waals surface area contributed by atoms with Gasteiger partial charge in [-0.05, 0) is 53.3 Å². The maximum Gasteiger partial charge on any atom is 0.270 e. The van der Waals surface area contributed by atoms with Gasteiger partial charge in [0.05, 0.1) is 6.54 Å². The molecule has 1 aliphatic rings. The number of nitrogens with one attached hydrogen (secondary N) is 1. The fourth-order valence-corrected chi connectivity index (χ4v) is 5.21. The van der Waals surface area contributed by atoms with Crippen LogP contribution in [0.25, 0.3) is 0 Å². The molecule has 0 saturated carbocycles. The molecule has 0 radical (unpaired) electrons. The maximum atomic E-state index is 12.6. The van der Waals surface area contributed by atoms with Gasteiger partial charge in [-0.25, -0.2) is 4.98 Å². The van der Waals surface area contributed by atoms with Crippen LogP contribution in [0.15, 0.2) is 78.2 Å². The summed E-state index contributed by atoms with van der Waals surface area (Å²) in [5.41, 5.74) is 3.90. The summed E-state index contributed by atoms with van der Waals surface area (Å²) in [4.78, 5) is 19.5. The van der Waals surface area contributed by atoms with Gasteiger partial charge in [0.2, 0.25) is 6.79 Å². The zero-order valence-electron chi connectivity index (χ0n) is 23.0. The van der Waals surface area contributed by atoms with E-state index in [2.05, 4.69) is 59.4 Å². The second-order valence-corrected chi connectivity index (χ2v) is 11.3. The molecule has 5 rings (SSSR count). The van der Waals surface area contributed by atoms with Gasteiger partial charge in [0.1, 0.15) is 23.1 Å². The fraction of sp³-hybridized carbons (Fsp3) is 0.312. The van der Waals surface area contributed by atoms with E-state index in [0.717, 1.165) is 45.4 Å². The Kier molecular flexibility index (Phi) is 9.31. The van der Waals surface area contributed by atoms with Crippen molar-refractivity contribution < 1.29 is 19.0 Å². The molecule has 2 heterocycles. The molecule has 0 saturated heterocycles. The van der Waals surface area contributed by atoms with E-state index in [4.69, 9.17) is 14.2 Å². The van der Waals surface area contributed by atoms with Gasteiger partial charge >= 0.3 is 0 Å². The first-order chi connectivity index (χ1) is 19.5. The van der Waals surface area contributed by atoms with E-state index >= 15 is 0 Å². The Bertz CT molecular complexity index is 1390. The van der Waals surface area contributed by atoms with Crippen LogP contribution in [0.5, 0.6) is 17.2 Å². The number of aromatic nitrogens is 1. The highest BCUT2D eigenvalue weighted by Gasteiger charge is 2.17. The molecule has 3 aromatic carbocycles. The number of nitrogens with zero attached hydrogens (tertiary/aromatic N) is 2. The molecule has 1 aromatic heterocycles. The molecule has 1 amide bonds. The highest BCUT2D eigenvalue weighted by molar-refractivity contribution is 7.09. The van der Waals surface area contributed by atoms with Gasteiger partial charge in [-0.3, -0.25) is 9.69 Å². The fourth-order valence-electron chi connectivity index (χ4n) is 4.40. The van der Waals surface area contributed by atoms with E-state index in [9.17, 15) is 4.79 Å². The van der Waals surface area contributed by atoms with E-state index < -0.39 is 0 Å². The lowest BCUT2D eigenvalue weighted by molar-refractivity contribution is 0.0947. The Morgan fingerprint density at radius 1 is 0.950 bits per heavy atom. The lowest BCUT2D eigenvalue weighted by Crippen LogP contribution is -2.26. The molecule has 0 unspecified atom stereocenters. The van der Waals surface area contributed by atoms with E-state index in [-0.39, 0.29) is 12.7 Å². The minimum absolute atomic E-state index is 0.114. The van der Waals surface area contributed by atoms with Crippen LogP contribution >= 0.6 is 11.3 Å². The van der Waals surface area contributed by atoms with Gasteiger partial charge in [0.25, 0.3) is 5.91 Å². The van der Waals surface area contributed by atoms with Gasteiger partial charge in [-0.1, -0.05) is 62.4 Å². The van der Waals surface area contributed by atoms with Crippen LogP contribution in [0, 0.1) is 5.92 Å². The van der Waals surface area contributed by atoms with Crippen LogP contribution in [0.3, 0.4) is 0 Å². The summed E-state index contributed by atoms with van der Waals surface area (Å²) in [6.07, 6.45) is 0.947. The van der Waals surface area contributed by atoms with Crippen molar-refractivity contribution in [3.63, 3.8) is 0 Å². The summed E-state index contributed by atoms with van der Waals surface area (Å²) in [5.74, 6) is 2.81. The Balaban J connectivity index is 1.25. The predicted octanol–water partition coefficient (Wildman–Crippen LogP) is 6.43. The Morgan fingerprint density at radius 3 is 2.50 bits per heavy atom. The molecule has 0 fully saturated rings. The van der Waals surface area contributed by atoms with Gasteiger partial charge in [-0.15, -0.1) is 11.3 Å². The molecular formula is C32H35N3O4S. The SMILES string of the molecule is CC(C)CCNC(=O)c1csc(CN(Cc2ccc(OCc3ccccc3)cc2)Cc2ccc3c(c2)OCO3)n1. The second kappa shape index (κ2) is 13.5. The standard InChI is InChI=1S/C32H35N3O4S/c1-23(2)14-15-33-32(36)28-21-40-31(34-28)19-35(18-26-10-13-29-30(16-26)39-22-38-29)17-24-8-11-27(12-9-24)37-20-25-6-4-3-5-7-25/h3-13,16,21,23H,14-15,17-20,22H2,1-2H3,(H,33,36). The number of carbonyl (C=O) groups is 1. The molecule has 1 aliphatic heterocycles. The molecule has 7 nitrogen and oxygen atoms in total. The van der Waals surface area contributed by atoms with Crippen LogP contribution in [-0.2, 0) is 26.2 Å². The highest BCUT2D eigenvalue weighted by Crippen LogP contribution is 2.33. The normalized spacial score (nSPS) is 12.2. The van der Waals surface area contributed by atoms with Crippen LogP contribution < -0.4 is 19.5 Å². The van der Waals surface area contributed by atoms with Crippen molar-refractivity contribution in [1.82, 2.24) is 15.2 Å². The van der Waals surface area contributed by atoms with Crippen molar-refractivity contribution in [3.8, 4) is 17.2 Å². The molecule has 8 heteroatoms. The quantitative estimate of drug-likeness (QED) is 0.204. The summed E-state index contributed by atoms with van der Waals surface area (Å²) in [6.45, 7) is 7.76. The van der Waals surface area contributed by atoms with Gasteiger partial charge in [-0.2, -0.15) is 0 Å². The lowest BCUT2D eigenvalue weighted by atomic mass is 10.1. The van der Waals surface area contributed by atoms with Gasteiger partial charge in [0, 0.05) is 25.0 Å². The van der Waals surface area contributed by atoms with Crippen molar-refractivity contribution >= 4 is 17.2 Å². The number of amides is 1. The number of benzene rings is 3. The number of hydrogen-bond acceptors (Lipinski definition) is 7. The molecular weight excluding hydrogens is 522 g/mol. The number of ether oxygens (including phenoxy) is 3. The van der Waals surface area contributed by atoms with Crippen molar-refractivity contribution in [1.29, 1.82) is 0 Å². The largest absolute Gasteiger partial charge is 0.489 e. The molecule has 40 heavy (non-hydrogen) atoms. The van der Waals surface area contributed by atoms with Crippen molar-refractivity contribution in [3.05, 3.63) is 106 Å². The first-order valence-electron chi connectivity index (χ1n) is 13.6. The third-order valence-electron chi connectivity index (χ3n) is 6.57. The van der Waals surface area contributed by atoms with Crippen LogP contribution in [-0.4, -0.2) is 29.1 Å². The molecule has 208 valence electrons. The number of fused-ring (bicyclic) bond motifs is 1. The summed E-state index contributed by atoms with van der Waals surface area (Å²) in [5, 5.41) is 5.73. The molecule has 0 bridgehead atoms. The van der Waals surface area contributed by atoms with E-state index in [0.29, 0.717) is 44.4 Å². The van der Waals surface area contributed by atoms with E-state index in [1.807, 2.05) is 47.8 Å². The first kappa shape index (κ1) is 27.7. The molecule has 0 atom stereocenters. The van der Waals surface area contributed by atoms with Gasteiger partial charge in [0.15, 0.2) is 11.5 Å². The summed E-state index contributed by atoms with van der Waals surface area (Å²) in [6, 6.07) is 24.4. The second-order valence-electron chi connectivity index (χ2n) is 10.3. The van der Waals surface area contributed by atoms with E-state index in [1.54, 1.807) is 0 Å². The summed E-state index contributed by atoms with van der Waals surface area (Å²) >= 11 is 1.52. The maximum absolute atomic E-state index is 12.6. The zero-order chi connectivity index (χ0) is 27.7. The Labute approximate surface area is 239 Å². The first-order valence-corrected chi connectivity index (χ1v) is 14.5. The van der Waals surface area contributed by atoms with Crippen molar-refractivity contribution in [2.75, 3.05) is 13.3 Å². The average molecular weight is 558 g/mol. The summed E-state index contributed by atoms with van der Waals surface area (Å²) in [7, 11) is 0. The number of hydrogen-bond donors (Lipinski definition) is 1. The van der Waals surface area contributed by atoms with E-state index in [1.165, 1.54) is 11.3 Å². The number of rotatable bonds is 13. The topological polar surface area (TPSA) is 72.9 Å². The lowest BCUT2D eigenvalue weighted by Gasteiger charge is -2.22. The average Bonchev–Trinajstić information content (AvgIpc) is 3.62. The minimum Gasteiger partial charge on any atom is -0.489 e. The van der Waals surface area contributed by atoms with Crippen LogP contribution in [0.2, 0.25) is 0 Å². The number of carbonyl (C=O) groups excluding carboxylic acids is 1. The van der Waals surface area contributed by atoms with Crippen molar-refractivity contribution in [2.24, 2.45) is 5.92 Å². The Morgan fingerprint density at radius 2 is 1.70 bits per heavy atom. The predicted molar refractivity (Wildman–Crippen MR) is 157 cm³/mol. The summed E-state index contributed by atoms with van der Waals surface area (Å²) < 4.78 is 17.0. The monoisotopic (exact) mass is 557 g/mol. The van der Waals surface area contributed by atoms with Gasteiger partial charge < -0.3 is 19.5 Å². The highest BCUT2D eigenvalue weighted by atomic mass is 32.1. The van der Waals surface area contributed by atoms with Crippen LogP contribution in [0.4, 0.5) is 0 Å². The Hall–Kier alpha value is -3.88. The smallest absolute Gasteiger partial charge is 0.270 e. The third kappa shape index (κ3) is 7.83. The van der Waals surface area contributed by atoms with Crippen molar-refractivity contribution in [2.45, 2.75) is 46.5 Å². The molecule has 4 aromatic rings. The molecule has 1 N–H and O–H groups in total. The number of thiazole rings is 1. The third-order valence-corrected chi connectivity index (χ3v) is 7.41. The minimum atomic E-state index is -0.114. The van der Waals surface area contributed by atoms with Crippen LogP contribution in [0.1, 0.15) is 52.5 Å². The molecule has 0 spiro atoms.